The van der Waals surface area contributed by atoms with E-state index in [0.29, 0.717) is 0 Å². The van der Waals surface area contributed by atoms with Crippen molar-refractivity contribution in [3.05, 3.63) is 108 Å². The normalized spacial score (nSPS) is 27.5. The number of carbonyl (C=O) groups excluding carboxylic acids is 11. The number of hydrogen-bond donors (Lipinski definition) is 0. The molecule has 3 aromatic rings. The fraction of sp³-hybridized carbons (Fsp3) is 0.473. The first kappa shape index (κ1) is 62.8. The molecule has 0 amide bonds. The van der Waals surface area contributed by atoms with Crippen LogP contribution in [0.2, 0.25) is 0 Å². The van der Waals surface area contributed by atoms with E-state index in [1.54, 1.807) is 30.3 Å². The van der Waals surface area contributed by atoms with Gasteiger partial charge in [-0.1, -0.05) is 54.6 Å². The number of benzene rings is 3. The number of ether oxygens (including phenoxy) is 16. The van der Waals surface area contributed by atoms with E-state index >= 15 is 0 Å². The molecule has 27 heteroatoms. The van der Waals surface area contributed by atoms with Crippen molar-refractivity contribution in [3.63, 3.8) is 0 Å². The summed E-state index contributed by atoms with van der Waals surface area (Å²) in [5.41, 5.74) is -0.0542. The van der Waals surface area contributed by atoms with Crippen LogP contribution in [0.15, 0.2) is 91.0 Å². The summed E-state index contributed by atoms with van der Waals surface area (Å²) in [5, 5.41) is 0. The molecule has 442 valence electrons. The van der Waals surface area contributed by atoms with Gasteiger partial charge in [0, 0.05) is 55.4 Å². The summed E-state index contributed by atoms with van der Waals surface area (Å²) in [6.45, 7) is 5.46. The Kier molecular flexibility index (Phi) is 22.5. The highest BCUT2D eigenvalue weighted by Gasteiger charge is 2.60. The Hall–Kier alpha value is -8.37. The summed E-state index contributed by atoms with van der Waals surface area (Å²) in [6.07, 6.45) is -28.7. The minimum absolute atomic E-state index is 0.0422. The zero-order chi connectivity index (χ0) is 59.8. The molecule has 0 N–H and O–H groups in total. The molecule has 0 radical (unpaired) electrons. The van der Waals surface area contributed by atoms with Crippen molar-refractivity contribution in [2.24, 2.45) is 0 Å². The van der Waals surface area contributed by atoms with Crippen molar-refractivity contribution >= 4 is 65.7 Å². The topological polar surface area (TPSA) is 335 Å². The van der Waals surface area contributed by atoms with Gasteiger partial charge in [0.15, 0.2) is 49.2 Å². The quantitative estimate of drug-likeness (QED) is 0.109. The molecule has 82 heavy (non-hydrogen) atoms. The number of esters is 11. The molecule has 0 spiro atoms. The standard InChI is InChI=1S/C55H60O27/c1-27(56)67-24-38-41(70-29(3)58)44(71-30(4)59)47(73-32(6)61)54(77-38)81-42-39(25-68-28(2)57)78-55(48(74-33(7)62)45(42)72-31(5)60)82-43-40(26-69-50(64)35-18-12-9-13-19-35)76-53(75-34(8)63)49(80-52(66)37-22-16-11-17-23-37)46(43)79-51(65)36-20-14-10-15-21-36/h9-23,38-49,53-55H,24-26H2,1-8H3/t38-,39-,40-,41+,42-,43-,44+,45+,46+,47-,48-,49-,53?,54+,55+/m1/s1. The van der Waals surface area contributed by atoms with Crippen LogP contribution in [0.3, 0.4) is 0 Å². The molecule has 0 aromatic heterocycles. The second kappa shape index (κ2) is 29.4. The summed E-state index contributed by atoms with van der Waals surface area (Å²) in [5.74, 6) is -11.0. The van der Waals surface area contributed by atoms with Gasteiger partial charge >= 0.3 is 65.7 Å². The van der Waals surface area contributed by atoms with E-state index in [9.17, 15) is 52.7 Å². The van der Waals surface area contributed by atoms with Gasteiger partial charge in [-0.15, -0.1) is 0 Å². The van der Waals surface area contributed by atoms with E-state index in [1.165, 1.54) is 60.7 Å². The van der Waals surface area contributed by atoms with Gasteiger partial charge in [0.1, 0.15) is 50.3 Å². The molecule has 3 aliphatic heterocycles. The number of hydrogen-bond acceptors (Lipinski definition) is 27. The van der Waals surface area contributed by atoms with Gasteiger partial charge in [-0.2, -0.15) is 0 Å². The number of rotatable bonds is 21. The van der Waals surface area contributed by atoms with Crippen molar-refractivity contribution in [2.45, 2.75) is 148 Å². The maximum absolute atomic E-state index is 14.3. The number of carbonyl (C=O) groups is 11. The Morgan fingerprint density at radius 1 is 0.293 bits per heavy atom. The average molecular weight is 1150 g/mol. The van der Waals surface area contributed by atoms with E-state index in [0.717, 1.165) is 55.4 Å². The average Bonchev–Trinajstić information content (AvgIpc) is 3.58. The van der Waals surface area contributed by atoms with Crippen LogP contribution in [0, 0.1) is 0 Å². The highest BCUT2D eigenvalue weighted by Crippen LogP contribution is 2.39. The Morgan fingerprint density at radius 3 is 0.951 bits per heavy atom. The van der Waals surface area contributed by atoms with Gasteiger partial charge in [0.05, 0.1) is 16.7 Å². The van der Waals surface area contributed by atoms with E-state index < -0.39 is 178 Å². The fourth-order valence-electron chi connectivity index (χ4n) is 8.78. The molecule has 0 bridgehead atoms. The Morgan fingerprint density at radius 2 is 0.573 bits per heavy atom. The first-order chi connectivity index (χ1) is 39.0. The van der Waals surface area contributed by atoms with Gasteiger partial charge in [0.25, 0.3) is 0 Å². The third-order valence-corrected chi connectivity index (χ3v) is 11.9. The van der Waals surface area contributed by atoms with Crippen LogP contribution in [0.4, 0.5) is 0 Å². The van der Waals surface area contributed by atoms with Gasteiger partial charge in [0.2, 0.25) is 12.4 Å². The molecule has 6 rings (SSSR count). The molecule has 3 aliphatic rings. The molecule has 3 heterocycles. The molecule has 15 atom stereocenters. The van der Waals surface area contributed by atoms with Crippen LogP contribution in [-0.4, -0.2) is 178 Å². The van der Waals surface area contributed by atoms with Crippen LogP contribution in [0.1, 0.15) is 86.5 Å². The van der Waals surface area contributed by atoms with Gasteiger partial charge in [-0.25, -0.2) is 14.4 Å². The van der Waals surface area contributed by atoms with E-state index in [2.05, 4.69) is 0 Å². The summed E-state index contributed by atoms with van der Waals surface area (Å²) < 4.78 is 94.5. The van der Waals surface area contributed by atoms with Gasteiger partial charge in [-0.05, 0) is 36.4 Å². The molecule has 3 saturated heterocycles. The highest BCUT2D eigenvalue weighted by molar-refractivity contribution is 5.91. The summed E-state index contributed by atoms with van der Waals surface area (Å²) in [4.78, 5) is 144. The van der Waals surface area contributed by atoms with Crippen molar-refractivity contribution in [1.82, 2.24) is 0 Å². The van der Waals surface area contributed by atoms with Crippen molar-refractivity contribution < 1.29 is 129 Å². The minimum Gasteiger partial charge on any atom is -0.463 e. The van der Waals surface area contributed by atoms with Gasteiger partial charge < -0.3 is 75.8 Å². The van der Waals surface area contributed by atoms with Crippen LogP contribution < -0.4 is 0 Å². The predicted molar refractivity (Wildman–Crippen MR) is 267 cm³/mol. The third kappa shape index (κ3) is 17.6. The van der Waals surface area contributed by atoms with E-state index in [-0.39, 0.29) is 16.7 Å². The van der Waals surface area contributed by atoms with Crippen LogP contribution >= 0.6 is 0 Å². The zero-order valence-electron chi connectivity index (χ0n) is 45.5. The Balaban J connectivity index is 1.53. The summed E-state index contributed by atoms with van der Waals surface area (Å²) in [6, 6.07) is 22.4. The molecule has 0 saturated carbocycles. The largest absolute Gasteiger partial charge is 0.463 e. The maximum Gasteiger partial charge on any atom is 0.338 e. The van der Waals surface area contributed by atoms with E-state index in [4.69, 9.17) is 75.8 Å². The molecular weight excluding hydrogens is 1090 g/mol. The lowest BCUT2D eigenvalue weighted by atomic mass is 9.95. The molecule has 1 unspecified atom stereocenters. The second-order valence-electron chi connectivity index (χ2n) is 18.4. The Bertz CT molecular complexity index is 2750. The summed E-state index contributed by atoms with van der Waals surface area (Å²) in [7, 11) is 0. The SMILES string of the molecule is CC(=O)OC[C@H]1O[C@@H](O[C@H]2[C@H](OC(C)=O)[C@@H](OC(C)=O)[C@H](O[C@H]3[C@H](OC(=O)c4ccccc4)[C@@H](OC(=O)c4ccccc4)C(OC(C)=O)O[C@@H]3COC(=O)c3ccccc3)O[C@@H]2COC(C)=O)[C@H](OC(C)=O)[C@@H](OC(C)=O)[C@H]1OC(C)=O. The maximum atomic E-state index is 14.3. The van der Waals surface area contributed by atoms with E-state index in [1.807, 2.05) is 0 Å². The lowest BCUT2D eigenvalue weighted by Gasteiger charge is -2.50. The first-order valence-electron chi connectivity index (χ1n) is 25.3. The van der Waals surface area contributed by atoms with Crippen LogP contribution in [-0.2, 0) is 114 Å². The van der Waals surface area contributed by atoms with Crippen LogP contribution in [0.5, 0.6) is 0 Å². The Labute approximate surface area is 468 Å². The lowest BCUT2D eigenvalue weighted by molar-refractivity contribution is -0.377. The highest BCUT2D eigenvalue weighted by atomic mass is 16.8. The van der Waals surface area contributed by atoms with Crippen molar-refractivity contribution in [1.29, 1.82) is 0 Å². The molecule has 3 fully saturated rings. The lowest BCUT2D eigenvalue weighted by Crippen LogP contribution is -2.69. The molecule has 0 aliphatic carbocycles. The predicted octanol–water partition coefficient (Wildman–Crippen LogP) is 2.59. The minimum atomic E-state index is -2.15. The zero-order valence-corrected chi connectivity index (χ0v) is 45.5. The molecular formula is C55H60O27. The van der Waals surface area contributed by atoms with Crippen LogP contribution in [0.25, 0.3) is 0 Å². The third-order valence-electron chi connectivity index (χ3n) is 11.9. The van der Waals surface area contributed by atoms with Crippen molar-refractivity contribution in [2.75, 3.05) is 19.8 Å². The van der Waals surface area contributed by atoms with Crippen molar-refractivity contribution in [3.8, 4) is 0 Å². The first-order valence-corrected chi connectivity index (χ1v) is 25.3. The molecule has 3 aromatic carbocycles. The fourth-order valence-corrected chi connectivity index (χ4v) is 8.78. The second-order valence-corrected chi connectivity index (χ2v) is 18.4. The monoisotopic (exact) mass is 1150 g/mol. The summed E-state index contributed by atoms with van der Waals surface area (Å²) >= 11 is 0. The molecule has 27 nitrogen and oxygen atoms in total. The smallest absolute Gasteiger partial charge is 0.338 e. The van der Waals surface area contributed by atoms with Gasteiger partial charge in [-0.3, -0.25) is 38.4 Å².